The number of carbonyl (C=O) groups excluding carboxylic acids is 1. The van der Waals surface area contributed by atoms with Crippen LogP contribution in [0.15, 0.2) is 36.7 Å². The number of piperidine rings is 1. The molecule has 0 spiro atoms. The Morgan fingerprint density at radius 1 is 1.21 bits per heavy atom. The Labute approximate surface area is 167 Å². The number of hydrogen-bond donors (Lipinski definition) is 1. The number of likely N-dealkylation sites (tertiary alicyclic amines) is 1. The monoisotopic (exact) mass is 381 g/mol. The van der Waals surface area contributed by atoms with Gasteiger partial charge < -0.3 is 10.1 Å². The fraction of sp³-hybridized carbons (Fsp3) is 0.565. The highest BCUT2D eigenvalue weighted by Gasteiger charge is 2.21. The molecule has 2 aliphatic heterocycles. The van der Waals surface area contributed by atoms with Crippen LogP contribution in [0, 0.1) is 5.92 Å². The molecule has 5 nitrogen and oxygen atoms in total. The molecule has 5 heteroatoms. The molecule has 1 aromatic carbocycles. The first kappa shape index (κ1) is 19.3. The zero-order chi connectivity index (χ0) is 19.2. The van der Waals surface area contributed by atoms with Gasteiger partial charge in [0.05, 0.1) is 6.10 Å². The summed E-state index contributed by atoms with van der Waals surface area (Å²) in [6.45, 7) is 4.75. The number of nitrogens with zero attached hydrogens (tertiary/aromatic N) is 2. The van der Waals surface area contributed by atoms with E-state index < -0.39 is 0 Å². The number of carbonyl (C=O) groups is 1. The van der Waals surface area contributed by atoms with Crippen molar-refractivity contribution in [3.05, 3.63) is 42.2 Å². The second-order valence-corrected chi connectivity index (χ2v) is 8.21. The third-order valence-corrected chi connectivity index (χ3v) is 6.20. The molecule has 3 heterocycles. The number of rotatable bonds is 7. The maximum Gasteiger partial charge on any atom is 0.220 e. The van der Waals surface area contributed by atoms with Gasteiger partial charge in [0.1, 0.15) is 0 Å². The predicted octanol–water partition coefficient (Wildman–Crippen LogP) is 3.52. The van der Waals surface area contributed by atoms with Gasteiger partial charge in [-0.2, -0.15) is 0 Å². The SMILES string of the molecule is O=C(CCC1CCN(Cc2cccc3cnccc23)CC1)NCC1CCCO1. The second kappa shape index (κ2) is 9.48. The number of nitrogens with one attached hydrogen (secondary N) is 1. The summed E-state index contributed by atoms with van der Waals surface area (Å²) < 4.78 is 5.56. The van der Waals surface area contributed by atoms with Crippen LogP contribution in [0.4, 0.5) is 0 Å². The Balaban J connectivity index is 1.19. The molecule has 2 saturated heterocycles. The third kappa shape index (κ3) is 5.09. The van der Waals surface area contributed by atoms with Gasteiger partial charge in [-0.3, -0.25) is 14.7 Å². The van der Waals surface area contributed by atoms with E-state index in [1.54, 1.807) is 0 Å². The molecule has 2 fully saturated rings. The zero-order valence-electron chi connectivity index (χ0n) is 16.6. The Morgan fingerprint density at radius 2 is 2.11 bits per heavy atom. The summed E-state index contributed by atoms with van der Waals surface area (Å²) in [4.78, 5) is 18.9. The summed E-state index contributed by atoms with van der Waals surface area (Å²) in [7, 11) is 0. The van der Waals surface area contributed by atoms with E-state index in [1.807, 2.05) is 12.4 Å². The smallest absolute Gasteiger partial charge is 0.220 e. The fourth-order valence-electron chi connectivity index (χ4n) is 4.46. The van der Waals surface area contributed by atoms with Crippen LogP contribution in [0.25, 0.3) is 10.8 Å². The molecule has 1 unspecified atom stereocenters. The summed E-state index contributed by atoms with van der Waals surface area (Å²) in [5.74, 6) is 0.851. The van der Waals surface area contributed by atoms with Crippen LogP contribution in [0.1, 0.15) is 44.1 Å². The molecule has 0 saturated carbocycles. The lowest BCUT2D eigenvalue weighted by Gasteiger charge is -2.32. The maximum atomic E-state index is 12.1. The first-order chi connectivity index (χ1) is 13.8. The molecular formula is C23H31N3O2. The van der Waals surface area contributed by atoms with Crippen molar-refractivity contribution in [3.8, 4) is 0 Å². The molecule has 0 bridgehead atoms. The standard InChI is InChI=1S/C23H31N3O2/c27-23(25-16-21-5-2-14-28-21)7-6-18-9-12-26(13-10-18)17-20-4-1-3-19-15-24-11-8-22(19)20/h1,3-4,8,11,15,18,21H,2,5-7,9-10,12-14,16-17H2,(H,25,27). The summed E-state index contributed by atoms with van der Waals surface area (Å²) in [6.07, 6.45) is 10.3. The molecule has 150 valence electrons. The van der Waals surface area contributed by atoms with Gasteiger partial charge in [-0.25, -0.2) is 0 Å². The number of aromatic nitrogens is 1. The number of ether oxygens (including phenoxy) is 1. The Hall–Kier alpha value is -1.98. The van der Waals surface area contributed by atoms with E-state index in [-0.39, 0.29) is 12.0 Å². The van der Waals surface area contributed by atoms with E-state index in [2.05, 4.69) is 39.5 Å². The van der Waals surface area contributed by atoms with Crippen molar-refractivity contribution < 1.29 is 9.53 Å². The van der Waals surface area contributed by atoms with E-state index in [1.165, 1.54) is 29.2 Å². The molecule has 4 rings (SSSR count). The fourth-order valence-corrected chi connectivity index (χ4v) is 4.46. The van der Waals surface area contributed by atoms with Crippen LogP contribution in [0.2, 0.25) is 0 Å². The second-order valence-electron chi connectivity index (χ2n) is 8.21. The highest BCUT2D eigenvalue weighted by atomic mass is 16.5. The lowest BCUT2D eigenvalue weighted by molar-refractivity contribution is -0.122. The quantitative estimate of drug-likeness (QED) is 0.797. The van der Waals surface area contributed by atoms with Gasteiger partial charge in [0.2, 0.25) is 5.91 Å². The predicted molar refractivity (Wildman–Crippen MR) is 111 cm³/mol. The van der Waals surface area contributed by atoms with Crippen molar-refractivity contribution >= 4 is 16.7 Å². The van der Waals surface area contributed by atoms with E-state index in [9.17, 15) is 4.79 Å². The van der Waals surface area contributed by atoms with Crippen LogP contribution < -0.4 is 5.32 Å². The van der Waals surface area contributed by atoms with E-state index in [0.717, 1.165) is 45.5 Å². The number of pyridine rings is 1. The van der Waals surface area contributed by atoms with Crippen molar-refractivity contribution in [1.82, 2.24) is 15.2 Å². The number of benzene rings is 1. The molecule has 0 aliphatic carbocycles. The molecule has 2 aliphatic rings. The van der Waals surface area contributed by atoms with Crippen LogP contribution in [-0.4, -0.2) is 48.1 Å². The van der Waals surface area contributed by atoms with Crippen LogP contribution in [-0.2, 0) is 16.1 Å². The van der Waals surface area contributed by atoms with E-state index >= 15 is 0 Å². The Bertz CT molecular complexity index is 775. The number of hydrogen-bond acceptors (Lipinski definition) is 4. The van der Waals surface area contributed by atoms with E-state index in [0.29, 0.717) is 18.9 Å². The van der Waals surface area contributed by atoms with Crippen LogP contribution in [0.3, 0.4) is 0 Å². The molecule has 1 N–H and O–H groups in total. The Morgan fingerprint density at radius 3 is 2.93 bits per heavy atom. The normalized spacial score (nSPS) is 21.2. The topological polar surface area (TPSA) is 54.5 Å². The molecule has 0 radical (unpaired) electrons. The largest absolute Gasteiger partial charge is 0.376 e. The minimum atomic E-state index is 0.183. The summed E-state index contributed by atoms with van der Waals surface area (Å²) in [5, 5.41) is 5.56. The number of amides is 1. The van der Waals surface area contributed by atoms with Crippen LogP contribution >= 0.6 is 0 Å². The molecule has 1 amide bonds. The van der Waals surface area contributed by atoms with Crippen molar-refractivity contribution in [2.75, 3.05) is 26.2 Å². The Kier molecular flexibility index (Phi) is 6.55. The van der Waals surface area contributed by atoms with E-state index in [4.69, 9.17) is 4.74 Å². The molecule has 28 heavy (non-hydrogen) atoms. The van der Waals surface area contributed by atoms with Crippen LogP contribution in [0.5, 0.6) is 0 Å². The minimum absolute atomic E-state index is 0.183. The first-order valence-electron chi connectivity index (χ1n) is 10.7. The van der Waals surface area contributed by atoms with Crippen molar-refractivity contribution in [1.29, 1.82) is 0 Å². The summed E-state index contributed by atoms with van der Waals surface area (Å²) in [5.41, 5.74) is 1.38. The summed E-state index contributed by atoms with van der Waals surface area (Å²) in [6, 6.07) is 8.60. The van der Waals surface area contributed by atoms with Gasteiger partial charge >= 0.3 is 0 Å². The molecule has 1 aromatic heterocycles. The first-order valence-corrected chi connectivity index (χ1v) is 10.7. The van der Waals surface area contributed by atoms with Gasteiger partial charge in [-0.15, -0.1) is 0 Å². The van der Waals surface area contributed by atoms with Gasteiger partial charge in [-0.1, -0.05) is 18.2 Å². The van der Waals surface area contributed by atoms with Gasteiger partial charge in [0, 0.05) is 43.9 Å². The number of fused-ring (bicyclic) bond motifs is 1. The summed E-state index contributed by atoms with van der Waals surface area (Å²) >= 11 is 0. The van der Waals surface area contributed by atoms with Gasteiger partial charge in [0.25, 0.3) is 0 Å². The lowest BCUT2D eigenvalue weighted by atomic mass is 9.91. The highest BCUT2D eigenvalue weighted by Crippen LogP contribution is 2.25. The maximum absolute atomic E-state index is 12.1. The molecule has 1 atom stereocenters. The molecule has 2 aromatic rings. The molecular weight excluding hydrogens is 350 g/mol. The van der Waals surface area contributed by atoms with Gasteiger partial charge in [0.15, 0.2) is 0 Å². The average Bonchev–Trinajstić information content (AvgIpc) is 3.26. The zero-order valence-corrected chi connectivity index (χ0v) is 16.6. The van der Waals surface area contributed by atoms with Crippen molar-refractivity contribution in [2.45, 2.75) is 51.2 Å². The van der Waals surface area contributed by atoms with Crippen molar-refractivity contribution in [2.24, 2.45) is 5.92 Å². The lowest BCUT2D eigenvalue weighted by Crippen LogP contribution is -2.34. The van der Waals surface area contributed by atoms with Gasteiger partial charge in [-0.05, 0) is 68.1 Å². The van der Waals surface area contributed by atoms with Crippen molar-refractivity contribution in [3.63, 3.8) is 0 Å². The highest BCUT2D eigenvalue weighted by molar-refractivity contribution is 5.84. The minimum Gasteiger partial charge on any atom is -0.376 e. The third-order valence-electron chi connectivity index (χ3n) is 6.20. The average molecular weight is 382 g/mol.